The molecule has 2 aromatic rings. The molecule has 3 N–H and O–H groups in total. The summed E-state index contributed by atoms with van der Waals surface area (Å²) in [7, 11) is 1.53. The van der Waals surface area contributed by atoms with Crippen molar-refractivity contribution in [3.05, 3.63) is 63.1 Å². The molecule has 6 nitrogen and oxygen atoms in total. The van der Waals surface area contributed by atoms with Gasteiger partial charge < -0.3 is 15.2 Å². The van der Waals surface area contributed by atoms with E-state index in [0.717, 1.165) is 4.47 Å². The number of anilines is 1. The minimum Gasteiger partial charge on any atom is -0.496 e. The van der Waals surface area contributed by atoms with Gasteiger partial charge in [-0.2, -0.15) is 0 Å². The molecule has 0 unspecified atom stereocenters. The highest BCUT2D eigenvalue weighted by atomic mass is 79.9. The van der Waals surface area contributed by atoms with E-state index >= 15 is 0 Å². The van der Waals surface area contributed by atoms with Crippen LogP contribution in [-0.4, -0.2) is 29.2 Å². The summed E-state index contributed by atoms with van der Waals surface area (Å²) in [6.45, 7) is 0. The summed E-state index contributed by atoms with van der Waals surface area (Å²) in [6.07, 6.45) is 2.87. The number of carboxylic acid groups (broad SMARTS) is 1. The number of amides is 1. The number of thiocarbonyl (C=S) groups is 1. The van der Waals surface area contributed by atoms with E-state index in [1.165, 1.54) is 31.4 Å². The zero-order chi connectivity index (χ0) is 20.0. The van der Waals surface area contributed by atoms with Crippen LogP contribution in [-0.2, 0) is 4.79 Å². The van der Waals surface area contributed by atoms with Crippen LogP contribution in [0.15, 0.2) is 46.9 Å². The van der Waals surface area contributed by atoms with Gasteiger partial charge in [-0.25, -0.2) is 4.79 Å². The zero-order valence-electron chi connectivity index (χ0n) is 14.0. The molecule has 27 heavy (non-hydrogen) atoms. The fourth-order valence-corrected chi connectivity index (χ4v) is 2.87. The lowest BCUT2D eigenvalue weighted by Gasteiger charge is -2.11. The molecule has 0 aliphatic rings. The van der Waals surface area contributed by atoms with Crippen LogP contribution in [0, 0.1) is 0 Å². The second-order valence-electron chi connectivity index (χ2n) is 5.16. The minimum atomic E-state index is -1.17. The van der Waals surface area contributed by atoms with Crippen molar-refractivity contribution in [1.29, 1.82) is 0 Å². The molecule has 0 heterocycles. The summed E-state index contributed by atoms with van der Waals surface area (Å²) in [6, 6.07) is 9.65. The number of aromatic carboxylic acids is 1. The molecule has 0 fully saturated rings. The Balaban J connectivity index is 2.06. The topological polar surface area (TPSA) is 87.7 Å². The molecule has 0 aliphatic heterocycles. The van der Waals surface area contributed by atoms with Gasteiger partial charge in [-0.15, -0.1) is 0 Å². The van der Waals surface area contributed by atoms with Crippen LogP contribution in [0.5, 0.6) is 5.75 Å². The lowest BCUT2D eigenvalue weighted by atomic mass is 10.2. The number of benzene rings is 2. The Kier molecular flexibility index (Phi) is 7.35. The maximum atomic E-state index is 12.1. The average molecular weight is 470 g/mol. The van der Waals surface area contributed by atoms with Crippen molar-refractivity contribution in [3.63, 3.8) is 0 Å². The summed E-state index contributed by atoms with van der Waals surface area (Å²) < 4.78 is 6.07. The van der Waals surface area contributed by atoms with E-state index in [1.807, 2.05) is 6.07 Å². The van der Waals surface area contributed by atoms with Crippen molar-refractivity contribution in [2.24, 2.45) is 0 Å². The van der Waals surface area contributed by atoms with E-state index in [0.29, 0.717) is 11.3 Å². The Hall–Kier alpha value is -2.42. The Bertz CT molecular complexity index is 934. The van der Waals surface area contributed by atoms with Gasteiger partial charge in [-0.1, -0.05) is 27.5 Å². The first-order valence-electron chi connectivity index (χ1n) is 7.46. The number of carbonyl (C=O) groups excluding carboxylic acids is 1. The molecular weight excluding hydrogens is 456 g/mol. The molecule has 0 aliphatic carbocycles. The molecule has 2 aromatic carbocycles. The molecule has 0 bridgehead atoms. The van der Waals surface area contributed by atoms with Crippen molar-refractivity contribution >= 4 is 68.5 Å². The van der Waals surface area contributed by atoms with Gasteiger partial charge in [-0.3, -0.25) is 10.1 Å². The Morgan fingerprint density at radius 2 is 2.00 bits per heavy atom. The van der Waals surface area contributed by atoms with Crippen LogP contribution in [0.25, 0.3) is 6.08 Å². The molecule has 9 heteroatoms. The van der Waals surface area contributed by atoms with Crippen LogP contribution in [0.2, 0.25) is 5.02 Å². The largest absolute Gasteiger partial charge is 0.496 e. The summed E-state index contributed by atoms with van der Waals surface area (Å²) in [4.78, 5) is 23.3. The summed E-state index contributed by atoms with van der Waals surface area (Å²) >= 11 is 14.2. The number of hydrogen-bond acceptors (Lipinski definition) is 4. The minimum absolute atomic E-state index is 0.0457. The fourth-order valence-electron chi connectivity index (χ4n) is 2.11. The number of hydrogen-bond donors (Lipinski definition) is 3. The van der Waals surface area contributed by atoms with Crippen LogP contribution in [0.4, 0.5) is 5.69 Å². The van der Waals surface area contributed by atoms with Gasteiger partial charge in [0.15, 0.2) is 5.11 Å². The smallest absolute Gasteiger partial charge is 0.337 e. The molecule has 0 radical (unpaired) electrons. The van der Waals surface area contributed by atoms with Gasteiger partial charge in [0.05, 0.1) is 18.4 Å². The molecule has 140 valence electrons. The molecule has 0 saturated heterocycles. The highest BCUT2D eigenvalue weighted by Crippen LogP contribution is 2.24. The van der Waals surface area contributed by atoms with E-state index in [9.17, 15) is 14.7 Å². The number of nitrogens with one attached hydrogen (secondary N) is 2. The predicted octanol–water partition coefficient (Wildman–Crippen LogP) is 4.34. The van der Waals surface area contributed by atoms with Gasteiger partial charge >= 0.3 is 5.97 Å². The van der Waals surface area contributed by atoms with Gasteiger partial charge in [0.25, 0.3) is 0 Å². The van der Waals surface area contributed by atoms with Gasteiger partial charge in [0, 0.05) is 21.1 Å². The number of ether oxygens (including phenoxy) is 1. The van der Waals surface area contributed by atoms with Crippen molar-refractivity contribution < 1.29 is 19.4 Å². The van der Waals surface area contributed by atoms with Crippen LogP contribution in [0.3, 0.4) is 0 Å². The average Bonchev–Trinajstić information content (AvgIpc) is 2.61. The SMILES string of the molecule is COc1ccc(Br)cc1/C=C/C(=O)NC(=S)Nc1ccc(Cl)cc1C(=O)O. The van der Waals surface area contributed by atoms with Gasteiger partial charge in [0.1, 0.15) is 5.75 Å². The Morgan fingerprint density at radius 3 is 2.67 bits per heavy atom. The number of carbonyl (C=O) groups is 2. The van der Waals surface area contributed by atoms with E-state index in [1.54, 1.807) is 18.2 Å². The second-order valence-corrected chi connectivity index (χ2v) is 6.92. The summed E-state index contributed by atoms with van der Waals surface area (Å²) in [5, 5.41) is 14.6. The molecular formula is C18H14BrClN2O4S. The van der Waals surface area contributed by atoms with Crippen LogP contribution < -0.4 is 15.4 Å². The summed E-state index contributed by atoms with van der Waals surface area (Å²) in [5.74, 6) is -1.05. The zero-order valence-corrected chi connectivity index (χ0v) is 17.1. The van der Waals surface area contributed by atoms with Crippen molar-refractivity contribution in [3.8, 4) is 5.75 Å². The highest BCUT2D eigenvalue weighted by Gasteiger charge is 2.12. The Morgan fingerprint density at radius 1 is 1.26 bits per heavy atom. The van der Waals surface area contributed by atoms with Crippen molar-refractivity contribution in [2.75, 3.05) is 12.4 Å². The number of halogens is 2. The quantitative estimate of drug-likeness (QED) is 0.446. The van der Waals surface area contributed by atoms with Crippen LogP contribution >= 0.6 is 39.7 Å². The molecule has 2 rings (SSSR count). The normalized spacial score (nSPS) is 10.5. The molecule has 0 atom stereocenters. The first kappa shape index (κ1) is 20.9. The molecule has 0 spiro atoms. The molecule has 0 aromatic heterocycles. The van der Waals surface area contributed by atoms with E-state index < -0.39 is 11.9 Å². The maximum absolute atomic E-state index is 12.1. The third kappa shape index (κ3) is 6.06. The van der Waals surface area contributed by atoms with E-state index in [-0.39, 0.29) is 21.4 Å². The lowest BCUT2D eigenvalue weighted by Crippen LogP contribution is -2.33. The highest BCUT2D eigenvalue weighted by molar-refractivity contribution is 9.10. The van der Waals surface area contributed by atoms with Crippen molar-refractivity contribution in [2.45, 2.75) is 0 Å². The molecule has 0 saturated carbocycles. The first-order chi connectivity index (χ1) is 12.8. The summed E-state index contributed by atoms with van der Waals surface area (Å²) in [5.41, 5.74) is 0.857. The number of rotatable bonds is 5. The Labute approximate surface area is 174 Å². The molecule has 1 amide bonds. The number of carboxylic acids is 1. The third-order valence-corrected chi connectivity index (χ3v) is 4.24. The van der Waals surface area contributed by atoms with Gasteiger partial charge in [-0.05, 0) is 54.7 Å². The monoisotopic (exact) mass is 468 g/mol. The number of methoxy groups -OCH3 is 1. The first-order valence-corrected chi connectivity index (χ1v) is 9.04. The lowest BCUT2D eigenvalue weighted by molar-refractivity contribution is -0.115. The fraction of sp³-hybridized carbons (Fsp3) is 0.0556. The third-order valence-electron chi connectivity index (χ3n) is 3.30. The van der Waals surface area contributed by atoms with Gasteiger partial charge in [0.2, 0.25) is 5.91 Å². The maximum Gasteiger partial charge on any atom is 0.337 e. The van der Waals surface area contributed by atoms with Crippen LogP contribution in [0.1, 0.15) is 15.9 Å². The van der Waals surface area contributed by atoms with Crippen molar-refractivity contribution in [1.82, 2.24) is 5.32 Å². The van der Waals surface area contributed by atoms with E-state index in [4.69, 9.17) is 28.6 Å². The van der Waals surface area contributed by atoms with E-state index in [2.05, 4.69) is 26.6 Å². The standard InChI is InChI=1S/C18H14BrClN2O4S/c1-26-15-6-3-11(19)8-10(15)2-7-16(23)22-18(27)21-14-5-4-12(20)9-13(14)17(24)25/h2-9H,1H3,(H,24,25)(H2,21,22,23,27)/b7-2+. The predicted molar refractivity (Wildman–Crippen MR) is 113 cm³/mol. The second kappa shape index (κ2) is 9.50.